The molecule has 0 aromatic heterocycles. The predicted octanol–water partition coefficient (Wildman–Crippen LogP) is 4.26. The molecule has 0 spiro atoms. The van der Waals surface area contributed by atoms with Crippen molar-refractivity contribution in [3.05, 3.63) is 93.5 Å². The highest BCUT2D eigenvalue weighted by atomic mass is 16.6. The number of hydrogen-bond acceptors (Lipinski definition) is 8. The van der Waals surface area contributed by atoms with Gasteiger partial charge < -0.3 is 24.2 Å². The Labute approximate surface area is 224 Å². The van der Waals surface area contributed by atoms with Crippen molar-refractivity contribution in [3.63, 3.8) is 0 Å². The van der Waals surface area contributed by atoms with Gasteiger partial charge in [0.15, 0.2) is 17.7 Å². The molecule has 2 amide bonds. The molecule has 1 saturated heterocycles. The van der Waals surface area contributed by atoms with Crippen LogP contribution < -0.4 is 14.4 Å². The number of amides is 2. The molecule has 0 bridgehead atoms. The first kappa shape index (κ1) is 26.0. The van der Waals surface area contributed by atoms with Gasteiger partial charge in [0.25, 0.3) is 11.6 Å². The Morgan fingerprint density at radius 1 is 1.05 bits per heavy atom. The van der Waals surface area contributed by atoms with Crippen LogP contribution in [-0.2, 0) is 18.0 Å². The van der Waals surface area contributed by atoms with Crippen molar-refractivity contribution < 1.29 is 33.8 Å². The molecule has 2 atom stereocenters. The van der Waals surface area contributed by atoms with Crippen LogP contribution in [0.3, 0.4) is 0 Å². The SMILES string of the molecule is COc1cc2c(cc1OCc1ccccc1)N(C(=O)OCc1ccc([N+](=O)[O-])cc1)[C@@H](O)[C@@H]1CCCN1C2=O. The number of aliphatic hydroxyl groups excluding tert-OH is 1. The molecule has 5 rings (SSSR count). The Kier molecular flexibility index (Phi) is 7.33. The summed E-state index contributed by atoms with van der Waals surface area (Å²) < 4.78 is 17.0. The van der Waals surface area contributed by atoms with E-state index in [-0.39, 0.29) is 41.8 Å². The number of anilines is 1. The summed E-state index contributed by atoms with van der Waals surface area (Å²) in [6.07, 6.45) is -1.04. The van der Waals surface area contributed by atoms with Gasteiger partial charge in [-0.2, -0.15) is 0 Å². The van der Waals surface area contributed by atoms with Crippen LogP contribution in [0.25, 0.3) is 0 Å². The van der Waals surface area contributed by atoms with Gasteiger partial charge in [0.2, 0.25) is 0 Å². The van der Waals surface area contributed by atoms with E-state index in [1.165, 1.54) is 43.5 Å². The van der Waals surface area contributed by atoms with Crippen LogP contribution in [0.2, 0.25) is 0 Å². The molecule has 1 fully saturated rings. The Bertz CT molecular complexity index is 1380. The molecular weight excluding hydrogens is 506 g/mol. The molecule has 3 aromatic rings. The smallest absolute Gasteiger partial charge is 0.416 e. The number of nitro benzene ring substituents is 1. The maximum atomic E-state index is 13.5. The maximum absolute atomic E-state index is 13.5. The molecule has 2 aliphatic heterocycles. The summed E-state index contributed by atoms with van der Waals surface area (Å²) in [5, 5.41) is 22.3. The molecule has 11 heteroatoms. The minimum absolute atomic E-state index is 0.0845. The summed E-state index contributed by atoms with van der Waals surface area (Å²) in [6, 6.07) is 17.5. The zero-order valence-corrected chi connectivity index (χ0v) is 21.2. The van der Waals surface area contributed by atoms with Crippen molar-refractivity contribution in [2.24, 2.45) is 0 Å². The summed E-state index contributed by atoms with van der Waals surface area (Å²) in [5.74, 6) is 0.268. The van der Waals surface area contributed by atoms with Crippen LogP contribution >= 0.6 is 0 Å². The minimum Gasteiger partial charge on any atom is -0.493 e. The quantitative estimate of drug-likeness (QED) is 0.352. The third-order valence-corrected chi connectivity index (χ3v) is 6.88. The first-order valence-corrected chi connectivity index (χ1v) is 12.4. The summed E-state index contributed by atoms with van der Waals surface area (Å²) in [6.45, 7) is 0.470. The number of methoxy groups -OCH3 is 1. The van der Waals surface area contributed by atoms with Gasteiger partial charge in [-0.15, -0.1) is 0 Å². The number of non-ortho nitro benzene ring substituents is 1. The van der Waals surface area contributed by atoms with Crippen LogP contribution in [-0.4, -0.2) is 52.9 Å². The third-order valence-electron chi connectivity index (χ3n) is 6.88. The van der Waals surface area contributed by atoms with E-state index in [9.17, 15) is 24.8 Å². The zero-order valence-electron chi connectivity index (χ0n) is 21.2. The second kappa shape index (κ2) is 11.0. The Hall–Kier alpha value is -4.64. The monoisotopic (exact) mass is 533 g/mol. The number of nitro groups is 1. The van der Waals surface area contributed by atoms with E-state index >= 15 is 0 Å². The van der Waals surface area contributed by atoms with E-state index in [2.05, 4.69) is 0 Å². The zero-order chi connectivity index (χ0) is 27.5. The largest absolute Gasteiger partial charge is 0.493 e. The normalized spacial score (nSPS) is 18.2. The lowest BCUT2D eigenvalue weighted by atomic mass is 10.1. The van der Waals surface area contributed by atoms with E-state index in [1.807, 2.05) is 30.3 Å². The molecule has 2 heterocycles. The van der Waals surface area contributed by atoms with Crippen LogP contribution in [0.4, 0.5) is 16.2 Å². The molecule has 1 N–H and O–H groups in total. The van der Waals surface area contributed by atoms with Crippen molar-refractivity contribution in [2.45, 2.75) is 38.3 Å². The second-order valence-electron chi connectivity index (χ2n) is 9.26. The number of nitrogens with zero attached hydrogens (tertiary/aromatic N) is 3. The fraction of sp³-hybridized carbons (Fsp3) is 0.286. The minimum atomic E-state index is -1.36. The van der Waals surface area contributed by atoms with Crippen LogP contribution in [0.1, 0.15) is 34.3 Å². The first-order chi connectivity index (χ1) is 18.9. The number of carbonyl (C=O) groups excluding carboxylic acids is 2. The average Bonchev–Trinajstić information content (AvgIpc) is 3.43. The maximum Gasteiger partial charge on any atom is 0.416 e. The first-order valence-electron chi connectivity index (χ1n) is 12.4. The van der Waals surface area contributed by atoms with Crippen molar-refractivity contribution in [1.29, 1.82) is 0 Å². The summed E-state index contributed by atoms with van der Waals surface area (Å²) in [7, 11) is 1.46. The fourth-order valence-corrected chi connectivity index (χ4v) is 4.89. The molecule has 0 radical (unpaired) electrons. The molecule has 0 aliphatic carbocycles. The lowest BCUT2D eigenvalue weighted by molar-refractivity contribution is -0.384. The highest BCUT2D eigenvalue weighted by molar-refractivity contribution is 6.06. The Morgan fingerprint density at radius 3 is 2.46 bits per heavy atom. The Morgan fingerprint density at radius 2 is 1.77 bits per heavy atom. The van der Waals surface area contributed by atoms with Gasteiger partial charge in [0.1, 0.15) is 13.2 Å². The predicted molar refractivity (Wildman–Crippen MR) is 140 cm³/mol. The fourth-order valence-electron chi connectivity index (χ4n) is 4.89. The number of ether oxygens (including phenoxy) is 3. The van der Waals surface area contributed by atoms with Gasteiger partial charge in [-0.05, 0) is 42.2 Å². The second-order valence-corrected chi connectivity index (χ2v) is 9.26. The van der Waals surface area contributed by atoms with Crippen molar-refractivity contribution in [2.75, 3.05) is 18.6 Å². The van der Waals surface area contributed by atoms with E-state index in [1.54, 1.807) is 4.90 Å². The number of aliphatic hydroxyl groups is 1. The molecule has 202 valence electrons. The van der Waals surface area contributed by atoms with Gasteiger partial charge in [0, 0.05) is 24.7 Å². The number of carbonyl (C=O) groups is 2. The third kappa shape index (κ3) is 5.21. The van der Waals surface area contributed by atoms with Crippen LogP contribution in [0.5, 0.6) is 11.5 Å². The van der Waals surface area contributed by atoms with Crippen molar-refractivity contribution >= 4 is 23.4 Å². The topological polar surface area (TPSA) is 132 Å². The lowest BCUT2D eigenvalue weighted by Gasteiger charge is -2.31. The van der Waals surface area contributed by atoms with Crippen molar-refractivity contribution in [3.8, 4) is 11.5 Å². The molecule has 2 aliphatic rings. The van der Waals surface area contributed by atoms with Gasteiger partial charge >= 0.3 is 6.09 Å². The highest BCUT2D eigenvalue weighted by Gasteiger charge is 2.45. The highest BCUT2D eigenvalue weighted by Crippen LogP contribution is 2.41. The summed E-state index contributed by atoms with van der Waals surface area (Å²) >= 11 is 0. The van der Waals surface area contributed by atoms with Crippen LogP contribution in [0.15, 0.2) is 66.7 Å². The lowest BCUT2D eigenvalue weighted by Crippen LogP contribution is -2.50. The van der Waals surface area contributed by atoms with Gasteiger partial charge in [-0.25, -0.2) is 9.69 Å². The van der Waals surface area contributed by atoms with Gasteiger partial charge in [0.05, 0.1) is 29.3 Å². The van der Waals surface area contributed by atoms with Gasteiger partial charge in [-0.1, -0.05) is 30.3 Å². The molecule has 0 saturated carbocycles. The van der Waals surface area contributed by atoms with E-state index in [0.29, 0.717) is 30.7 Å². The number of benzene rings is 3. The molecule has 0 unspecified atom stereocenters. The number of hydrogen-bond donors (Lipinski definition) is 1. The standard InChI is InChI=1S/C28H27N3O8/c1-37-24-14-21-23(15-25(24)38-16-18-6-3-2-4-7-18)30(27(33)22-8-5-13-29(22)26(21)32)28(34)39-17-19-9-11-20(12-10-19)31(35)36/h2-4,6-7,9-12,14-15,22,27,33H,5,8,13,16-17H2,1H3/t22-,27-/m0/s1. The van der Waals surface area contributed by atoms with E-state index in [0.717, 1.165) is 10.5 Å². The molecule has 3 aromatic carbocycles. The van der Waals surface area contributed by atoms with E-state index < -0.39 is 23.3 Å². The summed E-state index contributed by atoms with van der Waals surface area (Å²) in [5.41, 5.74) is 1.66. The van der Waals surface area contributed by atoms with Crippen molar-refractivity contribution in [1.82, 2.24) is 4.90 Å². The summed E-state index contributed by atoms with van der Waals surface area (Å²) in [4.78, 5) is 40.0. The van der Waals surface area contributed by atoms with Crippen LogP contribution in [0, 0.1) is 10.1 Å². The number of rotatable bonds is 7. The van der Waals surface area contributed by atoms with E-state index in [4.69, 9.17) is 14.2 Å². The molecule has 11 nitrogen and oxygen atoms in total. The number of fused-ring (bicyclic) bond motifs is 2. The Balaban J connectivity index is 1.47. The average molecular weight is 534 g/mol. The molecular formula is C28H27N3O8. The molecule has 39 heavy (non-hydrogen) atoms. The van der Waals surface area contributed by atoms with Gasteiger partial charge in [-0.3, -0.25) is 14.9 Å².